The maximum atomic E-state index is 13.4. The SMILES string of the molecule is COC(=O)CC1=C(C(=O)OC)C2(C(=O)Nc3ccc(Br)cc32)C(C(=O)OC)=C(N)O1. The third-order valence-corrected chi connectivity index (χ3v) is 5.29. The van der Waals surface area contributed by atoms with Crippen molar-refractivity contribution in [3.05, 3.63) is 51.0 Å². The van der Waals surface area contributed by atoms with Crippen molar-refractivity contribution in [1.82, 2.24) is 0 Å². The van der Waals surface area contributed by atoms with E-state index in [1.54, 1.807) is 18.2 Å². The summed E-state index contributed by atoms with van der Waals surface area (Å²) in [4.78, 5) is 51.0. The molecule has 158 valence electrons. The summed E-state index contributed by atoms with van der Waals surface area (Å²) in [7, 11) is 3.33. The standard InChI is InChI=1S/C19H17BrN2O8/c1-27-12(23)7-11-13(16(24)28-2)19(14(15(21)30-11)17(25)29-3)9-6-8(20)4-5-10(9)22-18(19)26/h4-6H,7,21H2,1-3H3,(H,22,26). The number of halogens is 1. The molecule has 0 fully saturated rings. The molecule has 0 radical (unpaired) electrons. The van der Waals surface area contributed by atoms with Crippen LogP contribution in [0.15, 0.2) is 45.5 Å². The first-order valence-electron chi connectivity index (χ1n) is 8.48. The van der Waals surface area contributed by atoms with Gasteiger partial charge in [0, 0.05) is 15.7 Å². The van der Waals surface area contributed by atoms with Crippen LogP contribution in [0.5, 0.6) is 0 Å². The zero-order chi connectivity index (χ0) is 22.2. The Balaban J connectivity index is 2.46. The van der Waals surface area contributed by atoms with Crippen molar-refractivity contribution in [2.75, 3.05) is 26.6 Å². The zero-order valence-electron chi connectivity index (χ0n) is 16.2. The number of nitrogens with two attached hydrogens (primary N) is 1. The minimum Gasteiger partial charge on any atom is -0.469 e. The molecule has 1 aromatic carbocycles. The molecule has 0 aromatic heterocycles. The first kappa shape index (κ1) is 21.4. The molecule has 3 rings (SSSR count). The van der Waals surface area contributed by atoms with Gasteiger partial charge in [-0.15, -0.1) is 0 Å². The fourth-order valence-electron chi connectivity index (χ4n) is 3.58. The van der Waals surface area contributed by atoms with Gasteiger partial charge in [-0.25, -0.2) is 9.59 Å². The van der Waals surface area contributed by atoms with Gasteiger partial charge in [-0.2, -0.15) is 0 Å². The average molecular weight is 481 g/mol. The number of hydrogen-bond donors (Lipinski definition) is 2. The third-order valence-electron chi connectivity index (χ3n) is 4.79. The van der Waals surface area contributed by atoms with Crippen molar-refractivity contribution in [2.45, 2.75) is 11.8 Å². The molecular formula is C19H17BrN2O8. The Labute approximate surface area is 179 Å². The van der Waals surface area contributed by atoms with E-state index in [9.17, 15) is 19.2 Å². The summed E-state index contributed by atoms with van der Waals surface area (Å²) in [6.07, 6.45) is -0.533. The molecule has 1 amide bonds. The highest BCUT2D eigenvalue weighted by molar-refractivity contribution is 9.10. The predicted molar refractivity (Wildman–Crippen MR) is 104 cm³/mol. The summed E-state index contributed by atoms with van der Waals surface area (Å²) in [5.74, 6) is -4.27. The summed E-state index contributed by atoms with van der Waals surface area (Å²) >= 11 is 3.32. The second-order valence-corrected chi connectivity index (χ2v) is 7.19. The Kier molecular flexibility index (Phi) is 5.57. The van der Waals surface area contributed by atoms with Gasteiger partial charge < -0.3 is 30.0 Å². The lowest BCUT2D eigenvalue weighted by molar-refractivity contribution is -0.141. The molecule has 1 atom stereocenters. The van der Waals surface area contributed by atoms with Gasteiger partial charge in [-0.05, 0) is 18.2 Å². The zero-order valence-corrected chi connectivity index (χ0v) is 17.7. The van der Waals surface area contributed by atoms with Crippen LogP contribution in [-0.4, -0.2) is 45.1 Å². The number of methoxy groups -OCH3 is 3. The molecule has 1 spiro atoms. The molecule has 10 nitrogen and oxygen atoms in total. The van der Waals surface area contributed by atoms with Gasteiger partial charge in [0.05, 0.1) is 21.3 Å². The Morgan fingerprint density at radius 3 is 2.33 bits per heavy atom. The molecule has 11 heteroatoms. The number of esters is 3. The average Bonchev–Trinajstić information content (AvgIpc) is 2.98. The van der Waals surface area contributed by atoms with Gasteiger partial charge in [-0.1, -0.05) is 15.9 Å². The molecule has 0 bridgehead atoms. The number of benzene rings is 1. The molecule has 2 heterocycles. The fraction of sp³-hybridized carbons (Fsp3) is 0.263. The summed E-state index contributed by atoms with van der Waals surface area (Å²) in [5.41, 5.74) is 3.72. The van der Waals surface area contributed by atoms with E-state index in [-0.39, 0.29) is 16.9 Å². The number of fused-ring (bicyclic) bond motifs is 2. The topological polar surface area (TPSA) is 143 Å². The summed E-state index contributed by atoms with van der Waals surface area (Å²) < 4.78 is 20.4. The third kappa shape index (κ3) is 3.02. The van der Waals surface area contributed by atoms with E-state index in [2.05, 4.69) is 26.0 Å². The number of rotatable bonds is 4. The maximum absolute atomic E-state index is 13.4. The van der Waals surface area contributed by atoms with Crippen LogP contribution in [-0.2, 0) is 43.5 Å². The van der Waals surface area contributed by atoms with Gasteiger partial charge in [0.1, 0.15) is 28.7 Å². The van der Waals surface area contributed by atoms with Crippen molar-refractivity contribution in [1.29, 1.82) is 0 Å². The minimum atomic E-state index is -2.06. The molecular weight excluding hydrogens is 464 g/mol. The Bertz CT molecular complexity index is 1040. The largest absolute Gasteiger partial charge is 0.469 e. The number of ether oxygens (including phenoxy) is 4. The second kappa shape index (κ2) is 7.82. The molecule has 1 unspecified atom stereocenters. The van der Waals surface area contributed by atoms with Gasteiger partial charge in [0.15, 0.2) is 0 Å². The Morgan fingerprint density at radius 2 is 1.73 bits per heavy atom. The van der Waals surface area contributed by atoms with Crippen molar-refractivity contribution >= 4 is 45.4 Å². The van der Waals surface area contributed by atoms with Gasteiger partial charge in [0.2, 0.25) is 11.8 Å². The minimum absolute atomic E-state index is 0.233. The van der Waals surface area contributed by atoms with Crippen LogP contribution >= 0.6 is 15.9 Å². The van der Waals surface area contributed by atoms with E-state index >= 15 is 0 Å². The summed E-state index contributed by atoms with van der Waals surface area (Å²) in [6.45, 7) is 0. The predicted octanol–water partition coefficient (Wildman–Crippen LogP) is 1.00. The van der Waals surface area contributed by atoms with E-state index in [4.69, 9.17) is 19.9 Å². The van der Waals surface area contributed by atoms with Crippen LogP contribution < -0.4 is 11.1 Å². The van der Waals surface area contributed by atoms with Crippen LogP contribution in [0.3, 0.4) is 0 Å². The van der Waals surface area contributed by atoms with Crippen LogP contribution in [0, 0.1) is 0 Å². The quantitative estimate of drug-likeness (QED) is 0.476. The monoisotopic (exact) mass is 480 g/mol. The fourth-order valence-corrected chi connectivity index (χ4v) is 3.94. The lowest BCUT2D eigenvalue weighted by atomic mass is 9.67. The molecule has 2 aliphatic heterocycles. The van der Waals surface area contributed by atoms with E-state index in [1.807, 2.05) is 0 Å². The Hall–Kier alpha value is -3.34. The van der Waals surface area contributed by atoms with Crippen molar-refractivity contribution in [3.63, 3.8) is 0 Å². The molecule has 30 heavy (non-hydrogen) atoms. The van der Waals surface area contributed by atoms with Gasteiger partial charge in [-0.3, -0.25) is 9.59 Å². The second-order valence-electron chi connectivity index (χ2n) is 6.27. The van der Waals surface area contributed by atoms with E-state index < -0.39 is 47.1 Å². The maximum Gasteiger partial charge on any atom is 0.340 e. The van der Waals surface area contributed by atoms with Crippen molar-refractivity contribution < 1.29 is 38.1 Å². The summed E-state index contributed by atoms with van der Waals surface area (Å²) in [6, 6.07) is 4.80. The highest BCUT2D eigenvalue weighted by Gasteiger charge is 2.62. The van der Waals surface area contributed by atoms with E-state index in [0.29, 0.717) is 10.2 Å². The molecule has 0 aliphatic carbocycles. The van der Waals surface area contributed by atoms with Gasteiger partial charge in [0.25, 0.3) is 0 Å². The van der Waals surface area contributed by atoms with Crippen molar-refractivity contribution in [2.24, 2.45) is 5.73 Å². The van der Waals surface area contributed by atoms with Crippen LogP contribution in [0.2, 0.25) is 0 Å². The molecule has 2 aliphatic rings. The number of nitrogens with one attached hydrogen (secondary N) is 1. The molecule has 3 N–H and O–H groups in total. The normalized spacial score (nSPS) is 19.8. The summed E-state index contributed by atoms with van der Waals surface area (Å²) in [5, 5.41) is 2.64. The number of hydrogen-bond acceptors (Lipinski definition) is 9. The first-order chi connectivity index (χ1) is 14.2. The highest BCUT2D eigenvalue weighted by atomic mass is 79.9. The van der Waals surface area contributed by atoms with Crippen LogP contribution in [0.1, 0.15) is 12.0 Å². The van der Waals surface area contributed by atoms with Gasteiger partial charge >= 0.3 is 17.9 Å². The van der Waals surface area contributed by atoms with E-state index in [0.717, 1.165) is 21.3 Å². The smallest absolute Gasteiger partial charge is 0.340 e. The first-order valence-corrected chi connectivity index (χ1v) is 9.28. The highest BCUT2D eigenvalue weighted by Crippen LogP contribution is 2.53. The molecule has 1 aromatic rings. The number of anilines is 1. The molecule has 0 saturated carbocycles. The number of carbonyl (C=O) groups is 4. The number of amides is 1. The lowest BCUT2D eigenvalue weighted by Crippen LogP contribution is -2.48. The van der Waals surface area contributed by atoms with Crippen LogP contribution in [0.4, 0.5) is 5.69 Å². The molecule has 0 saturated heterocycles. The lowest BCUT2D eigenvalue weighted by Gasteiger charge is -2.35. The van der Waals surface area contributed by atoms with Crippen LogP contribution in [0.25, 0.3) is 0 Å². The van der Waals surface area contributed by atoms with Crippen molar-refractivity contribution in [3.8, 4) is 0 Å². The number of carbonyl (C=O) groups excluding carboxylic acids is 4. The Morgan fingerprint density at radius 1 is 1.10 bits per heavy atom. The van der Waals surface area contributed by atoms with E-state index in [1.165, 1.54) is 0 Å².